The summed E-state index contributed by atoms with van der Waals surface area (Å²) >= 11 is 0. The van der Waals surface area contributed by atoms with Gasteiger partial charge in [0.15, 0.2) is 6.10 Å². The molecule has 0 saturated heterocycles. The fraction of sp³-hybridized carbons (Fsp3) is 0.500. The SMILES string of the molecule is CCOC(=O)CCN(C)C(=O)C(C)Oc1ccc(C)cc1. The number of hydrogen-bond donors (Lipinski definition) is 0. The first-order valence-electron chi connectivity index (χ1n) is 7.08. The van der Waals surface area contributed by atoms with Crippen molar-refractivity contribution in [3.63, 3.8) is 0 Å². The molecule has 5 nitrogen and oxygen atoms in total. The lowest BCUT2D eigenvalue weighted by Crippen LogP contribution is -2.39. The quantitative estimate of drug-likeness (QED) is 0.723. The summed E-state index contributed by atoms with van der Waals surface area (Å²) < 4.78 is 10.4. The highest BCUT2D eigenvalue weighted by Crippen LogP contribution is 2.14. The van der Waals surface area contributed by atoms with E-state index in [9.17, 15) is 9.59 Å². The van der Waals surface area contributed by atoms with Crippen LogP contribution in [-0.4, -0.2) is 43.1 Å². The van der Waals surface area contributed by atoms with Crippen molar-refractivity contribution in [2.45, 2.75) is 33.3 Å². The van der Waals surface area contributed by atoms with Gasteiger partial charge in [-0.25, -0.2) is 0 Å². The predicted octanol–water partition coefficient (Wildman–Crippen LogP) is 2.17. The molecule has 0 spiro atoms. The first-order chi connectivity index (χ1) is 9.93. The Morgan fingerprint density at radius 2 is 1.86 bits per heavy atom. The normalized spacial score (nSPS) is 11.6. The standard InChI is InChI=1S/C16H23NO4/c1-5-20-15(18)10-11-17(4)16(19)13(3)21-14-8-6-12(2)7-9-14/h6-9,13H,5,10-11H2,1-4H3. The minimum atomic E-state index is -0.597. The third-order valence-electron chi connectivity index (χ3n) is 3.01. The molecule has 0 aromatic heterocycles. The first kappa shape index (κ1) is 17.0. The van der Waals surface area contributed by atoms with Crippen molar-refractivity contribution in [1.82, 2.24) is 4.90 Å². The van der Waals surface area contributed by atoms with Gasteiger partial charge in [0, 0.05) is 13.6 Å². The van der Waals surface area contributed by atoms with Gasteiger partial charge >= 0.3 is 5.97 Å². The average Bonchev–Trinajstić information content (AvgIpc) is 2.46. The van der Waals surface area contributed by atoms with Crippen molar-refractivity contribution in [3.05, 3.63) is 29.8 Å². The Bertz CT molecular complexity index is 470. The van der Waals surface area contributed by atoms with Crippen molar-refractivity contribution in [2.24, 2.45) is 0 Å². The van der Waals surface area contributed by atoms with E-state index in [-0.39, 0.29) is 18.3 Å². The smallest absolute Gasteiger partial charge is 0.307 e. The molecule has 1 rings (SSSR count). The Balaban J connectivity index is 2.45. The number of esters is 1. The van der Waals surface area contributed by atoms with Gasteiger partial charge in [0.05, 0.1) is 13.0 Å². The van der Waals surface area contributed by atoms with Gasteiger partial charge in [-0.3, -0.25) is 9.59 Å². The maximum Gasteiger partial charge on any atom is 0.307 e. The average molecular weight is 293 g/mol. The first-order valence-corrected chi connectivity index (χ1v) is 7.08. The number of hydrogen-bond acceptors (Lipinski definition) is 4. The molecule has 0 bridgehead atoms. The lowest BCUT2D eigenvalue weighted by atomic mass is 10.2. The van der Waals surface area contributed by atoms with Crippen molar-refractivity contribution < 1.29 is 19.1 Å². The molecule has 1 atom stereocenters. The van der Waals surface area contributed by atoms with E-state index in [4.69, 9.17) is 9.47 Å². The molecule has 0 saturated carbocycles. The van der Waals surface area contributed by atoms with Crippen LogP contribution in [0.1, 0.15) is 25.8 Å². The minimum Gasteiger partial charge on any atom is -0.481 e. The third-order valence-corrected chi connectivity index (χ3v) is 3.01. The van der Waals surface area contributed by atoms with Crippen molar-refractivity contribution in [3.8, 4) is 5.75 Å². The number of nitrogens with zero attached hydrogens (tertiary/aromatic N) is 1. The van der Waals surface area contributed by atoms with E-state index < -0.39 is 6.10 Å². The molecule has 0 heterocycles. The zero-order chi connectivity index (χ0) is 15.8. The lowest BCUT2D eigenvalue weighted by Gasteiger charge is -2.21. The number of carbonyl (C=O) groups is 2. The molecule has 0 radical (unpaired) electrons. The van der Waals surface area contributed by atoms with E-state index in [1.165, 1.54) is 4.90 Å². The van der Waals surface area contributed by atoms with Gasteiger partial charge in [-0.05, 0) is 32.9 Å². The number of amides is 1. The van der Waals surface area contributed by atoms with E-state index in [2.05, 4.69) is 0 Å². The summed E-state index contributed by atoms with van der Waals surface area (Å²) in [7, 11) is 1.65. The monoisotopic (exact) mass is 293 g/mol. The largest absolute Gasteiger partial charge is 0.481 e. The summed E-state index contributed by atoms with van der Waals surface area (Å²) in [4.78, 5) is 24.9. The topological polar surface area (TPSA) is 55.8 Å². The van der Waals surface area contributed by atoms with Gasteiger partial charge in [-0.15, -0.1) is 0 Å². The summed E-state index contributed by atoms with van der Waals surface area (Å²) in [6.45, 7) is 6.11. The van der Waals surface area contributed by atoms with Crippen LogP contribution in [0.3, 0.4) is 0 Å². The molecule has 0 aliphatic rings. The van der Waals surface area contributed by atoms with E-state index >= 15 is 0 Å². The fourth-order valence-electron chi connectivity index (χ4n) is 1.78. The molecule has 5 heteroatoms. The summed E-state index contributed by atoms with van der Waals surface area (Å²) in [6.07, 6.45) is -0.409. The molecule has 0 aliphatic carbocycles. The Morgan fingerprint density at radius 3 is 2.43 bits per heavy atom. The van der Waals surface area contributed by atoms with Crippen LogP contribution < -0.4 is 4.74 Å². The molecule has 1 amide bonds. The third kappa shape index (κ3) is 5.85. The van der Waals surface area contributed by atoms with Gasteiger partial charge in [0.1, 0.15) is 5.75 Å². The molecule has 0 aliphatic heterocycles. The van der Waals surface area contributed by atoms with Crippen LogP contribution in [0.2, 0.25) is 0 Å². The number of benzene rings is 1. The molecule has 0 fully saturated rings. The zero-order valence-corrected chi connectivity index (χ0v) is 13.1. The van der Waals surface area contributed by atoms with Crippen LogP contribution in [0.15, 0.2) is 24.3 Å². The second-order valence-electron chi connectivity index (χ2n) is 4.89. The summed E-state index contributed by atoms with van der Waals surface area (Å²) in [6, 6.07) is 7.52. The van der Waals surface area contributed by atoms with Crippen LogP contribution in [0, 0.1) is 6.92 Å². The maximum atomic E-state index is 12.1. The molecule has 0 N–H and O–H groups in total. The molecule has 1 aromatic carbocycles. The number of carbonyl (C=O) groups excluding carboxylic acids is 2. The molecule has 116 valence electrons. The van der Waals surface area contributed by atoms with Gasteiger partial charge < -0.3 is 14.4 Å². The van der Waals surface area contributed by atoms with Crippen molar-refractivity contribution in [2.75, 3.05) is 20.2 Å². The predicted molar refractivity (Wildman–Crippen MR) is 80.2 cm³/mol. The van der Waals surface area contributed by atoms with Gasteiger partial charge in [0.25, 0.3) is 5.91 Å². The fourth-order valence-corrected chi connectivity index (χ4v) is 1.78. The molecule has 21 heavy (non-hydrogen) atoms. The van der Waals surface area contributed by atoms with Crippen molar-refractivity contribution >= 4 is 11.9 Å². The Labute approximate surface area is 125 Å². The summed E-state index contributed by atoms with van der Waals surface area (Å²) in [5.74, 6) is 0.185. The highest BCUT2D eigenvalue weighted by atomic mass is 16.5. The number of rotatable bonds is 7. The van der Waals surface area contributed by atoms with Gasteiger partial charge in [0.2, 0.25) is 0 Å². The molecular formula is C16H23NO4. The van der Waals surface area contributed by atoms with Crippen LogP contribution in [0.25, 0.3) is 0 Å². The summed E-state index contributed by atoms with van der Waals surface area (Å²) in [5, 5.41) is 0. The van der Waals surface area contributed by atoms with Crippen LogP contribution in [0.5, 0.6) is 5.75 Å². The Hall–Kier alpha value is -2.04. The minimum absolute atomic E-state index is 0.167. The Morgan fingerprint density at radius 1 is 1.24 bits per heavy atom. The molecule has 1 unspecified atom stereocenters. The highest BCUT2D eigenvalue weighted by Gasteiger charge is 2.19. The van der Waals surface area contributed by atoms with Gasteiger partial charge in [-0.1, -0.05) is 17.7 Å². The van der Waals surface area contributed by atoms with E-state index in [1.54, 1.807) is 20.9 Å². The van der Waals surface area contributed by atoms with Crippen LogP contribution >= 0.6 is 0 Å². The van der Waals surface area contributed by atoms with Crippen LogP contribution in [0.4, 0.5) is 0 Å². The summed E-state index contributed by atoms with van der Waals surface area (Å²) in [5.41, 5.74) is 1.13. The maximum absolute atomic E-state index is 12.1. The molecule has 1 aromatic rings. The zero-order valence-electron chi connectivity index (χ0n) is 13.1. The van der Waals surface area contributed by atoms with E-state index in [0.29, 0.717) is 18.9 Å². The molecular weight excluding hydrogens is 270 g/mol. The number of likely N-dealkylation sites (N-methyl/N-ethyl adjacent to an activating group) is 1. The number of ether oxygens (including phenoxy) is 2. The second-order valence-corrected chi connectivity index (χ2v) is 4.89. The van der Waals surface area contributed by atoms with E-state index in [1.807, 2.05) is 31.2 Å². The second kappa shape index (κ2) is 8.29. The van der Waals surface area contributed by atoms with Crippen LogP contribution in [-0.2, 0) is 14.3 Å². The Kier molecular flexibility index (Phi) is 6.72. The van der Waals surface area contributed by atoms with Gasteiger partial charge in [-0.2, -0.15) is 0 Å². The van der Waals surface area contributed by atoms with Crippen molar-refractivity contribution in [1.29, 1.82) is 0 Å². The number of aryl methyl sites for hydroxylation is 1. The van der Waals surface area contributed by atoms with E-state index in [0.717, 1.165) is 5.56 Å². The highest BCUT2D eigenvalue weighted by molar-refractivity contribution is 5.81. The lowest BCUT2D eigenvalue weighted by molar-refractivity contribution is -0.144.